The summed E-state index contributed by atoms with van der Waals surface area (Å²) in [4.78, 5) is 43.2. The van der Waals surface area contributed by atoms with E-state index in [4.69, 9.17) is 9.47 Å². The molecule has 220 valence electrons. The van der Waals surface area contributed by atoms with Crippen LogP contribution in [0.4, 0.5) is 0 Å². The highest BCUT2D eigenvalue weighted by Crippen LogP contribution is 2.25. The summed E-state index contributed by atoms with van der Waals surface area (Å²) in [6.07, 6.45) is -0.944. The molecule has 40 heavy (non-hydrogen) atoms. The second kappa shape index (κ2) is 18.4. The van der Waals surface area contributed by atoms with E-state index in [-0.39, 0.29) is 17.8 Å². The number of ether oxygens (including phenoxy) is 2. The summed E-state index contributed by atoms with van der Waals surface area (Å²) in [6, 6.07) is 18.9. The number of aryl methyl sites for hydroxylation is 1. The second-order valence-electron chi connectivity index (χ2n) is 9.47. The molecule has 0 fully saturated rings. The van der Waals surface area contributed by atoms with Gasteiger partial charge in [-0.2, -0.15) is 0 Å². The number of carbonyl (C=O) groups is 3. The Morgan fingerprint density at radius 3 is 1.80 bits per heavy atom. The zero-order valence-electron chi connectivity index (χ0n) is 26.0. The van der Waals surface area contributed by atoms with Crippen LogP contribution in [0, 0.1) is 6.92 Å². The Labute approximate surface area is 240 Å². The number of rotatable bonds is 5. The number of hydrogen-bond acceptors (Lipinski definition) is 7. The summed E-state index contributed by atoms with van der Waals surface area (Å²) in [5.41, 5.74) is 1.38. The van der Waals surface area contributed by atoms with E-state index in [1.165, 1.54) is 12.5 Å². The molecule has 8 nitrogen and oxygen atoms in total. The van der Waals surface area contributed by atoms with Crippen LogP contribution in [-0.2, 0) is 23.9 Å². The molecule has 0 saturated carbocycles. The monoisotopic (exact) mass is 553 g/mol. The molecule has 2 aromatic carbocycles. The maximum absolute atomic E-state index is 12.9. The summed E-state index contributed by atoms with van der Waals surface area (Å²) in [5.74, 6) is -1.06. The molecule has 0 aliphatic carbocycles. The fourth-order valence-electron chi connectivity index (χ4n) is 3.13. The van der Waals surface area contributed by atoms with E-state index in [2.05, 4.69) is 29.4 Å². The van der Waals surface area contributed by atoms with Crippen molar-refractivity contribution in [3.8, 4) is 0 Å². The summed E-state index contributed by atoms with van der Waals surface area (Å²) in [5, 5.41) is 2.63. The SMILES string of the molecule is CC.CC.CC(=O)OC(C(=O)NC1=C(C(=O)OC(C)(C)C)CC(N(C)C)=N1)c1ccccc1.Cc1ccccc1. The van der Waals surface area contributed by atoms with Gasteiger partial charge in [0.2, 0.25) is 6.10 Å². The van der Waals surface area contributed by atoms with Gasteiger partial charge in [0, 0.05) is 33.0 Å². The fourth-order valence-corrected chi connectivity index (χ4v) is 3.13. The number of benzene rings is 2. The van der Waals surface area contributed by atoms with Gasteiger partial charge in [-0.1, -0.05) is 93.9 Å². The average Bonchev–Trinajstić information content (AvgIpc) is 3.34. The largest absolute Gasteiger partial charge is 0.456 e. The Bertz CT molecular complexity index is 1120. The number of aliphatic imine (C=N–C) groups is 1. The molecule has 1 amide bonds. The van der Waals surface area contributed by atoms with Crippen LogP contribution in [0.25, 0.3) is 0 Å². The van der Waals surface area contributed by atoms with Crippen molar-refractivity contribution in [1.29, 1.82) is 0 Å². The second-order valence-corrected chi connectivity index (χ2v) is 9.47. The van der Waals surface area contributed by atoms with Gasteiger partial charge in [0.15, 0.2) is 0 Å². The molecule has 3 rings (SSSR count). The highest BCUT2D eigenvalue weighted by atomic mass is 16.6. The van der Waals surface area contributed by atoms with E-state index in [0.717, 1.165) is 0 Å². The van der Waals surface area contributed by atoms with Gasteiger partial charge in [0.1, 0.15) is 17.3 Å². The average molecular weight is 554 g/mol. The van der Waals surface area contributed by atoms with Gasteiger partial charge in [0.05, 0.1) is 5.57 Å². The molecule has 1 unspecified atom stereocenters. The van der Waals surface area contributed by atoms with Crippen LogP contribution >= 0.6 is 0 Å². The van der Waals surface area contributed by atoms with Gasteiger partial charge in [-0.3, -0.25) is 9.59 Å². The zero-order chi connectivity index (χ0) is 30.9. The van der Waals surface area contributed by atoms with Crippen molar-refractivity contribution in [1.82, 2.24) is 10.2 Å². The molecule has 0 aromatic heterocycles. The first-order valence-electron chi connectivity index (χ1n) is 13.6. The van der Waals surface area contributed by atoms with Crippen LogP contribution in [0.5, 0.6) is 0 Å². The maximum atomic E-state index is 12.9. The van der Waals surface area contributed by atoms with Crippen LogP contribution in [-0.4, -0.2) is 48.3 Å². The van der Waals surface area contributed by atoms with Crippen LogP contribution in [0.1, 0.15) is 79.0 Å². The number of amides is 1. The van der Waals surface area contributed by atoms with Gasteiger partial charge < -0.3 is 19.7 Å². The third kappa shape index (κ3) is 13.2. The summed E-state index contributed by atoms with van der Waals surface area (Å²) in [7, 11) is 3.59. The molecule has 1 N–H and O–H groups in total. The molecule has 1 aliphatic rings. The minimum Gasteiger partial charge on any atom is -0.456 e. The van der Waals surface area contributed by atoms with Crippen molar-refractivity contribution < 1.29 is 23.9 Å². The highest BCUT2D eigenvalue weighted by Gasteiger charge is 2.32. The standard InChI is InChI=1S/C21H27N3O5.C7H8.2C2H6/c1-13(25)28-17(14-10-8-7-9-11-14)19(26)23-18-15(12-16(22-18)24(5)6)20(27)29-21(2,3)4;1-7-5-3-2-4-6-7;2*1-2/h7-11,17H,12H2,1-6H3,(H,23,26);2-6H,1H3;2*1-2H3. The molecule has 2 aromatic rings. The normalized spacial score (nSPS) is 12.5. The van der Waals surface area contributed by atoms with Crippen molar-refractivity contribution in [2.24, 2.45) is 4.99 Å². The summed E-state index contributed by atoms with van der Waals surface area (Å²) < 4.78 is 10.7. The molecular weight excluding hydrogens is 506 g/mol. The molecule has 1 aliphatic heterocycles. The third-order valence-corrected chi connectivity index (χ3v) is 4.83. The molecule has 1 heterocycles. The minimum atomic E-state index is -1.17. The van der Waals surface area contributed by atoms with Crippen LogP contribution < -0.4 is 5.32 Å². The van der Waals surface area contributed by atoms with E-state index >= 15 is 0 Å². The van der Waals surface area contributed by atoms with Gasteiger partial charge in [-0.15, -0.1) is 0 Å². The Morgan fingerprint density at radius 2 is 1.40 bits per heavy atom. The topological polar surface area (TPSA) is 97.3 Å². The van der Waals surface area contributed by atoms with Crippen molar-refractivity contribution in [3.05, 3.63) is 83.2 Å². The predicted molar refractivity (Wildman–Crippen MR) is 162 cm³/mol. The van der Waals surface area contributed by atoms with Gasteiger partial charge in [-0.25, -0.2) is 9.79 Å². The molecule has 0 radical (unpaired) electrons. The van der Waals surface area contributed by atoms with Gasteiger partial charge in [-0.05, 0) is 27.7 Å². The first-order chi connectivity index (χ1) is 18.9. The molecule has 0 saturated heterocycles. The third-order valence-electron chi connectivity index (χ3n) is 4.83. The van der Waals surface area contributed by atoms with Gasteiger partial charge in [0.25, 0.3) is 5.91 Å². The fraction of sp³-hybridized carbons (Fsp3) is 0.438. The molecular formula is C32H47N3O5. The Kier molecular flexibility index (Phi) is 16.6. The maximum Gasteiger partial charge on any atom is 0.338 e. The number of carbonyl (C=O) groups excluding carboxylic acids is 3. The smallest absolute Gasteiger partial charge is 0.338 e. The number of nitrogens with zero attached hydrogens (tertiary/aromatic N) is 2. The van der Waals surface area contributed by atoms with Crippen molar-refractivity contribution in [2.45, 2.75) is 80.4 Å². The lowest BCUT2D eigenvalue weighted by atomic mass is 10.1. The molecule has 1 atom stereocenters. The zero-order valence-corrected chi connectivity index (χ0v) is 26.0. The number of esters is 2. The van der Waals surface area contributed by atoms with E-state index < -0.39 is 29.6 Å². The number of nitrogens with one attached hydrogen (secondary N) is 1. The summed E-state index contributed by atoms with van der Waals surface area (Å²) in [6.45, 7) is 16.6. The van der Waals surface area contributed by atoms with Crippen LogP contribution in [0.2, 0.25) is 0 Å². The number of amidine groups is 1. The minimum absolute atomic E-state index is 0.0982. The lowest BCUT2D eigenvalue weighted by molar-refractivity contribution is -0.154. The molecule has 0 spiro atoms. The first kappa shape index (κ1) is 36.1. The quantitative estimate of drug-likeness (QED) is 0.432. The molecule has 8 heteroatoms. The van der Waals surface area contributed by atoms with E-state index in [1.54, 1.807) is 70.1 Å². The Hall–Kier alpha value is -3.94. The Morgan fingerprint density at radius 1 is 0.900 bits per heavy atom. The van der Waals surface area contributed by atoms with Gasteiger partial charge >= 0.3 is 11.9 Å². The van der Waals surface area contributed by atoms with Crippen molar-refractivity contribution >= 4 is 23.7 Å². The molecule has 0 bridgehead atoms. The lowest BCUT2D eigenvalue weighted by Crippen LogP contribution is -2.32. The Balaban J connectivity index is 0.00000117. The van der Waals surface area contributed by atoms with Crippen molar-refractivity contribution in [2.75, 3.05) is 14.1 Å². The first-order valence-corrected chi connectivity index (χ1v) is 13.6. The highest BCUT2D eigenvalue weighted by molar-refractivity contribution is 6.02. The number of hydrogen-bond donors (Lipinski definition) is 1. The van der Waals surface area contributed by atoms with E-state index in [1.807, 2.05) is 45.9 Å². The predicted octanol–water partition coefficient (Wildman–Crippen LogP) is 6.37. The van der Waals surface area contributed by atoms with E-state index in [0.29, 0.717) is 11.4 Å². The van der Waals surface area contributed by atoms with E-state index in [9.17, 15) is 14.4 Å². The lowest BCUT2D eigenvalue weighted by Gasteiger charge is -2.21. The van der Waals surface area contributed by atoms with Crippen LogP contribution in [0.15, 0.2) is 77.1 Å². The summed E-state index contributed by atoms with van der Waals surface area (Å²) >= 11 is 0. The van der Waals surface area contributed by atoms with Crippen LogP contribution in [0.3, 0.4) is 0 Å². The van der Waals surface area contributed by atoms with Crippen molar-refractivity contribution in [3.63, 3.8) is 0 Å².